The lowest BCUT2D eigenvalue weighted by molar-refractivity contribution is -0.150. The van der Waals surface area contributed by atoms with E-state index in [0.717, 1.165) is 16.5 Å². The van der Waals surface area contributed by atoms with E-state index in [1.807, 2.05) is 24.3 Å². The zero-order chi connectivity index (χ0) is 16.8. The first-order valence-corrected chi connectivity index (χ1v) is 7.04. The first-order chi connectivity index (χ1) is 11.0. The van der Waals surface area contributed by atoms with Crippen LogP contribution >= 0.6 is 0 Å². The van der Waals surface area contributed by atoms with Crippen molar-refractivity contribution in [1.29, 1.82) is 0 Å². The van der Waals surface area contributed by atoms with Crippen LogP contribution < -0.4 is 5.32 Å². The Morgan fingerprint density at radius 3 is 2.61 bits per heavy atom. The SMILES string of the molecule is COC(=O)CC(NC(=O)Cc1c[nH]c2ccccc12)C(=O)OC. The molecule has 0 bridgehead atoms. The lowest BCUT2D eigenvalue weighted by Crippen LogP contribution is -2.43. The summed E-state index contributed by atoms with van der Waals surface area (Å²) in [7, 11) is 2.41. The summed E-state index contributed by atoms with van der Waals surface area (Å²) in [6.45, 7) is 0. The van der Waals surface area contributed by atoms with Gasteiger partial charge in [-0.25, -0.2) is 4.79 Å². The first kappa shape index (κ1) is 16.5. The Labute approximate surface area is 133 Å². The molecule has 2 N–H and O–H groups in total. The van der Waals surface area contributed by atoms with E-state index >= 15 is 0 Å². The number of aromatic nitrogens is 1. The van der Waals surface area contributed by atoms with Gasteiger partial charge >= 0.3 is 11.9 Å². The first-order valence-electron chi connectivity index (χ1n) is 7.04. The van der Waals surface area contributed by atoms with Crippen molar-refractivity contribution in [2.24, 2.45) is 0 Å². The standard InChI is InChI=1S/C16H18N2O5/c1-22-15(20)8-13(16(21)23-2)18-14(19)7-10-9-17-12-6-4-3-5-11(10)12/h3-6,9,13,17H,7-8H2,1-2H3,(H,18,19). The summed E-state index contributed by atoms with van der Waals surface area (Å²) < 4.78 is 9.11. The number of carbonyl (C=O) groups is 3. The molecule has 2 rings (SSSR count). The van der Waals surface area contributed by atoms with Gasteiger partial charge in [-0.15, -0.1) is 0 Å². The lowest BCUT2D eigenvalue weighted by Gasteiger charge is -2.15. The highest BCUT2D eigenvalue weighted by atomic mass is 16.5. The van der Waals surface area contributed by atoms with Crippen LogP contribution in [0.2, 0.25) is 0 Å². The average Bonchev–Trinajstić information content (AvgIpc) is 2.96. The predicted molar refractivity (Wildman–Crippen MR) is 82.6 cm³/mol. The highest BCUT2D eigenvalue weighted by molar-refractivity contribution is 5.92. The van der Waals surface area contributed by atoms with Crippen molar-refractivity contribution in [2.45, 2.75) is 18.9 Å². The number of esters is 2. The normalized spacial score (nSPS) is 11.7. The number of hydrogen-bond acceptors (Lipinski definition) is 5. The molecule has 23 heavy (non-hydrogen) atoms. The molecule has 0 saturated carbocycles. The monoisotopic (exact) mass is 318 g/mol. The number of para-hydroxylation sites is 1. The van der Waals surface area contributed by atoms with E-state index in [-0.39, 0.29) is 18.7 Å². The van der Waals surface area contributed by atoms with Crippen LogP contribution in [0.4, 0.5) is 0 Å². The van der Waals surface area contributed by atoms with Gasteiger partial charge in [-0.2, -0.15) is 0 Å². The largest absolute Gasteiger partial charge is 0.469 e. The van der Waals surface area contributed by atoms with Gasteiger partial charge in [-0.05, 0) is 11.6 Å². The number of methoxy groups -OCH3 is 2. The fraction of sp³-hybridized carbons (Fsp3) is 0.312. The highest BCUT2D eigenvalue weighted by Crippen LogP contribution is 2.18. The molecule has 0 radical (unpaired) electrons. The van der Waals surface area contributed by atoms with Crippen molar-refractivity contribution in [3.8, 4) is 0 Å². The van der Waals surface area contributed by atoms with Gasteiger partial charge in [-0.1, -0.05) is 18.2 Å². The molecule has 1 amide bonds. The Kier molecular flexibility index (Phi) is 5.35. The molecule has 1 aromatic heterocycles. The Bertz CT molecular complexity index is 722. The van der Waals surface area contributed by atoms with Crippen LogP contribution in [0, 0.1) is 0 Å². The van der Waals surface area contributed by atoms with Gasteiger partial charge in [0.1, 0.15) is 6.04 Å². The molecule has 0 spiro atoms. The maximum absolute atomic E-state index is 12.2. The van der Waals surface area contributed by atoms with Gasteiger partial charge in [0.25, 0.3) is 0 Å². The Hall–Kier alpha value is -2.83. The second-order valence-corrected chi connectivity index (χ2v) is 4.96. The molecular weight excluding hydrogens is 300 g/mol. The molecule has 1 heterocycles. The Morgan fingerprint density at radius 1 is 1.17 bits per heavy atom. The third-order valence-electron chi connectivity index (χ3n) is 3.45. The number of benzene rings is 1. The maximum atomic E-state index is 12.2. The fourth-order valence-corrected chi connectivity index (χ4v) is 2.28. The molecule has 1 atom stereocenters. The molecule has 2 aromatic rings. The van der Waals surface area contributed by atoms with Gasteiger partial charge in [-0.3, -0.25) is 9.59 Å². The van der Waals surface area contributed by atoms with Crippen molar-refractivity contribution >= 4 is 28.7 Å². The molecule has 122 valence electrons. The minimum Gasteiger partial charge on any atom is -0.469 e. The zero-order valence-corrected chi connectivity index (χ0v) is 12.9. The number of fused-ring (bicyclic) bond motifs is 1. The van der Waals surface area contributed by atoms with Crippen LogP contribution in [-0.4, -0.2) is 43.1 Å². The number of ether oxygens (including phenoxy) is 2. The van der Waals surface area contributed by atoms with Crippen LogP contribution in [0.25, 0.3) is 10.9 Å². The quantitative estimate of drug-likeness (QED) is 0.772. The Balaban J connectivity index is 2.06. The topological polar surface area (TPSA) is 97.5 Å². The summed E-state index contributed by atoms with van der Waals surface area (Å²) in [6, 6.07) is 6.52. The van der Waals surface area contributed by atoms with Crippen LogP contribution in [0.3, 0.4) is 0 Å². The average molecular weight is 318 g/mol. The molecule has 0 fully saturated rings. The van der Waals surface area contributed by atoms with Crippen LogP contribution in [0.5, 0.6) is 0 Å². The summed E-state index contributed by atoms with van der Waals surface area (Å²) >= 11 is 0. The number of nitrogens with one attached hydrogen (secondary N) is 2. The molecule has 0 saturated heterocycles. The van der Waals surface area contributed by atoms with Gasteiger partial charge in [0.15, 0.2) is 0 Å². The van der Waals surface area contributed by atoms with E-state index < -0.39 is 18.0 Å². The van der Waals surface area contributed by atoms with Crippen molar-refractivity contribution in [3.05, 3.63) is 36.0 Å². The van der Waals surface area contributed by atoms with E-state index in [9.17, 15) is 14.4 Å². The van der Waals surface area contributed by atoms with Gasteiger partial charge in [0, 0.05) is 17.1 Å². The van der Waals surface area contributed by atoms with Crippen LogP contribution in [0.1, 0.15) is 12.0 Å². The van der Waals surface area contributed by atoms with E-state index in [4.69, 9.17) is 0 Å². The van der Waals surface area contributed by atoms with E-state index in [1.54, 1.807) is 6.20 Å². The molecule has 7 nitrogen and oxygen atoms in total. The minimum absolute atomic E-state index is 0.0820. The molecule has 0 aliphatic rings. The number of rotatable bonds is 6. The van der Waals surface area contributed by atoms with Crippen molar-refractivity contribution < 1.29 is 23.9 Å². The highest BCUT2D eigenvalue weighted by Gasteiger charge is 2.25. The smallest absolute Gasteiger partial charge is 0.328 e. The number of aromatic amines is 1. The van der Waals surface area contributed by atoms with Gasteiger partial charge < -0.3 is 19.8 Å². The summed E-state index contributed by atoms with van der Waals surface area (Å²) in [6.07, 6.45) is 1.55. The lowest BCUT2D eigenvalue weighted by atomic mass is 10.1. The number of H-pyrrole nitrogens is 1. The molecule has 0 aliphatic heterocycles. The number of carbonyl (C=O) groups excluding carboxylic acids is 3. The summed E-state index contributed by atoms with van der Waals surface area (Å²) in [5.74, 6) is -1.68. The third-order valence-corrected chi connectivity index (χ3v) is 3.45. The maximum Gasteiger partial charge on any atom is 0.328 e. The van der Waals surface area contributed by atoms with E-state index in [1.165, 1.54) is 14.2 Å². The second kappa shape index (κ2) is 7.44. The zero-order valence-electron chi connectivity index (χ0n) is 12.9. The minimum atomic E-state index is -1.06. The molecule has 1 aromatic carbocycles. The Morgan fingerprint density at radius 2 is 1.91 bits per heavy atom. The second-order valence-electron chi connectivity index (χ2n) is 4.96. The summed E-state index contributed by atoms with van der Waals surface area (Å²) in [5, 5.41) is 3.44. The molecule has 1 unspecified atom stereocenters. The predicted octanol–water partition coefficient (Wildman–Crippen LogP) is 0.931. The van der Waals surface area contributed by atoms with Crippen molar-refractivity contribution in [1.82, 2.24) is 10.3 Å². The molecule has 7 heteroatoms. The van der Waals surface area contributed by atoms with Crippen LogP contribution in [0.15, 0.2) is 30.5 Å². The number of hydrogen-bond donors (Lipinski definition) is 2. The molecular formula is C16H18N2O5. The van der Waals surface area contributed by atoms with Crippen LogP contribution in [-0.2, 0) is 30.3 Å². The van der Waals surface area contributed by atoms with E-state index in [2.05, 4.69) is 19.8 Å². The van der Waals surface area contributed by atoms with Gasteiger partial charge in [0.2, 0.25) is 5.91 Å². The third kappa shape index (κ3) is 4.09. The number of amides is 1. The van der Waals surface area contributed by atoms with Crippen molar-refractivity contribution in [3.63, 3.8) is 0 Å². The fourth-order valence-electron chi connectivity index (χ4n) is 2.28. The molecule has 0 aliphatic carbocycles. The summed E-state index contributed by atoms with van der Waals surface area (Å²) in [4.78, 5) is 38.2. The van der Waals surface area contributed by atoms with E-state index in [0.29, 0.717) is 0 Å². The van der Waals surface area contributed by atoms with Crippen molar-refractivity contribution in [2.75, 3.05) is 14.2 Å². The summed E-state index contributed by atoms with van der Waals surface area (Å²) in [5.41, 5.74) is 1.73. The van der Waals surface area contributed by atoms with Gasteiger partial charge in [0.05, 0.1) is 27.1 Å².